The van der Waals surface area contributed by atoms with Crippen LogP contribution in [-0.4, -0.2) is 19.5 Å². The summed E-state index contributed by atoms with van der Waals surface area (Å²) in [5.41, 5.74) is 1.09. The van der Waals surface area contributed by atoms with E-state index >= 15 is 0 Å². The van der Waals surface area contributed by atoms with Crippen molar-refractivity contribution in [3.05, 3.63) is 35.4 Å². The number of nitrogens with two attached hydrogens (primary N) is 1. The molecule has 0 aromatic heterocycles. The lowest BCUT2D eigenvalue weighted by atomic mass is 10.1. The highest BCUT2D eigenvalue weighted by atomic mass is 32.2. The Morgan fingerprint density at radius 1 is 1.44 bits per heavy atom. The lowest BCUT2D eigenvalue weighted by molar-refractivity contribution is -0.131. The van der Waals surface area contributed by atoms with E-state index in [-0.39, 0.29) is 4.90 Å². The summed E-state index contributed by atoms with van der Waals surface area (Å²) >= 11 is 0. The van der Waals surface area contributed by atoms with Crippen molar-refractivity contribution >= 4 is 22.1 Å². The van der Waals surface area contributed by atoms with E-state index in [1.165, 1.54) is 18.2 Å². The summed E-state index contributed by atoms with van der Waals surface area (Å²) in [7, 11) is -3.72. The Kier molecular flexibility index (Phi) is 3.46. The van der Waals surface area contributed by atoms with Crippen molar-refractivity contribution in [2.75, 3.05) is 0 Å². The Hall–Kier alpha value is -1.66. The second-order valence-electron chi connectivity index (χ2n) is 3.24. The molecule has 0 saturated heterocycles. The van der Waals surface area contributed by atoms with Gasteiger partial charge in [0.2, 0.25) is 10.0 Å². The Bertz CT molecular complexity index is 546. The topological polar surface area (TPSA) is 97.5 Å². The summed E-state index contributed by atoms with van der Waals surface area (Å²) in [6.07, 6.45) is 2.35. The molecule has 0 atom stereocenters. The predicted octanol–water partition coefficient (Wildman–Crippen LogP) is 0.740. The predicted molar refractivity (Wildman–Crippen MR) is 59.2 cm³/mol. The molecule has 0 aliphatic rings. The van der Waals surface area contributed by atoms with Gasteiger partial charge in [-0.2, -0.15) is 0 Å². The van der Waals surface area contributed by atoms with Crippen LogP contribution in [-0.2, 0) is 14.8 Å². The minimum atomic E-state index is -3.72. The fraction of sp³-hybridized carbons (Fsp3) is 0.100. The Morgan fingerprint density at radius 2 is 2.06 bits per heavy atom. The van der Waals surface area contributed by atoms with Gasteiger partial charge in [-0.1, -0.05) is 12.1 Å². The van der Waals surface area contributed by atoms with Gasteiger partial charge in [-0.3, -0.25) is 0 Å². The van der Waals surface area contributed by atoms with Gasteiger partial charge in [0.25, 0.3) is 0 Å². The number of carbonyl (C=O) groups is 1. The molecule has 0 aliphatic heterocycles. The molecule has 0 unspecified atom stereocenters. The van der Waals surface area contributed by atoms with Crippen molar-refractivity contribution in [2.24, 2.45) is 5.14 Å². The minimum absolute atomic E-state index is 0.0416. The van der Waals surface area contributed by atoms with Crippen LogP contribution in [0.3, 0.4) is 0 Å². The molecule has 1 aromatic rings. The minimum Gasteiger partial charge on any atom is -0.478 e. The number of primary sulfonamides is 1. The molecule has 0 heterocycles. The van der Waals surface area contributed by atoms with Crippen molar-refractivity contribution in [1.29, 1.82) is 0 Å². The second-order valence-corrected chi connectivity index (χ2v) is 4.77. The van der Waals surface area contributed by atoms with Gasteiger partial charge >= 0.3 is 5.97 Å². The largest absolute Gasteiger partial charge is 0.478 e. The molecular formula is C10H11NO4S. The SMILES string of the molecule is Cc1cc(/C=C/C(=O)O)ccc1S(N)(=O)=O. The number of carboxylic acids is 1. The van der Waals surface area contributed by atoms with E-state index in [0.717, 1.165) is 6.08 Å². The summed E-state index contributed by atoms with van der Waals surface area (Å²) in [5, 5.41) is 13.4. The van der Waals surface area contributed by atoms with Crippen LogP contribution in [0.5, 0.6) is 0 Å². The van der Waals surface area contributed by atoms with Gasteiger partial charge in [-0.25, -0.2) is 18.4 Å². The van der Waals surface area contributed by atoms with E-state index < -0.39 is 16.0 Å². The van der Waals surface area contributed by atoms with Crippen LogP contribution in [0.4, 0.5) is 0 Å². The quantitative estimate of drug-likeness (QED) is 0.762. The van der Waals surface area contributed by atoms with Gasteiger partial charge in [0.15, 0.2) is 0 Å². The van der Waals surface area contributed by atoms with Gasteiger partial charge in [0.05, 0.1) is 4.90 Å². The van der Waals surface area contributed by atoms with E-state index in [1.807, 2.05) is 0 Å². The fourth-order valence-electron chi connectivity index (χ4n) is 1.26. The second kappa shape index (κ2) is 4.46. The zero-order valence-electron chi connectivity index (χ0n) is 8.54. The van der Waals surface area contributed by atoms with Gasteiger partial charge in [0, 0.05) is 6.08 Å². The van der Waals surface area contributed by atoms with Crippen LogP contribution in [0.15, 0.2) is 29.2 Å². The maximum Gasteiger partial charge on any atom is 0.328 e. The van der Waals surface area contributed by atoms with Gasteiger partial charge < -0.3 is 5.11 Å². The number of hydrogen-bond acceptors (Lipinski definition) is 3. The molecule has 0 amide bonds. The molecule has 1 aromatic carbocycles. The van der Waals surface area contributed by atoms with E-state index in [4.69, 9.17) is 10.2 Å². The maximum atomic E-state index is 11.1. The first-order valence-corrected chi connectivity index (χ1v) is 5.90. The third-order valence-corrected chi connectivity index (χ3v) is 2.99. The Morgan fingerprint density at radius 3 is 2.50 bits per heavy atom. The zero-order chi connectivity index (χ0) is 12.3. The highest BCUT2D eigenvalue weighted by molar-refractivity contribution is 7.89. The summed E-state index contributed by atoms with van der Waals surface area (Å²) in [6, 6.07) is 4.40. The highest BCUT2D eigenvalue weighted by Gasteiger charge is 2.10. The summed E-state index contributed by atoms with van der Waals surface area (Å²) in [6.45, 7) is 1.60. The van der Waals surface area contributed by atoms with Crippen molar-refractivity contribution in [3.63, 3.8) is 0 Å². The van der Waals surface area contributed by atoms with Crippen LogP contribution in [0.25, 0.3) is 6.08 Å². The van der Waals surface area contributed by atoms with Gasteiger partial charge in [-0.15, -0.1) is 0 Å². The molecule has 0 radical (unpaired) electrons. The van der Waals surface area contributed by atoms with Crippen LogP contribution in [0, 0.1) is 6.92 Å². The number of benzene rings is 1. The lowest BCUT2D eigenvalue weighted by Gasteiger charge is -2.03. The maximum absolute atomic E-state index is 11.1. The lowest BCUT2D eigenvalue weighted by Crippen LogP contribution is -2.13. The standard InChI is InChI=1S/C10H11NO4S/c1-7-6-8(3-5-10(12)13)2-4-9(7)16(11,14)15/h2-6H,1H3,(H,12,13)(H2,11,14,15)/b5-3+. The molecule has 86 valence electrons. The van der Waals surface area contributed by atoms with Crippen molar-refractivity contribution in [3.8, 4) is 0 Å². The highest BCUT2D eigenvalue weighted by Crippen LogP contribution is 2.16. The number of carboxylic acid groups (broad SMARTS) is 1. The van der Waals surface area contributed by atoms with Crippen molar-refractivity contribution < 1.29 is 18.3 Å². The molecule has 1 rings (SSSR count). The average molecular weight is 241 g/mol. The molecule has 6 heteroatoms. The van der Waals surface area contributed by atoms with E-state index in [2.05, 4.69) is 0 Å². The average Bonchev–Trinajstić information content (AvgIpc) is 2.12. The van der Waals surface area contributed by atoms with E-state index in [1.54, 1.807) is 13.0 Å². The summed E-state index contributed by atoms with van der Waals surface area (Å²) in [5.74, 6) is -1.06. The zero-order valence-corrected chi connectivity index (χ0v) is 9.36. The number of rotatable bonds is 3. The molecule has 16 heavy (non-hydrogen) atoms. The summed E-state index contributed by atoms with van der Waals surface area (Å²) < 4.78 is 22.2. The van der Waals surface area contributed by atoms with Gasteiger partial charge in [0.1, 0.15) is 0 Å². The molecule has 0 saturated carbocycles. The molecule has 0 aliphatic carbocycles. The van der Waals surface area contributed by atoms with E-state index in [9.17, 15) is 13.2 Å². The molecule has 0 bridgehead atoms. The monoisotopic (exact) mass is 241 g/mol. The fourth-order valence-corrected chi connectivity index (χ4v) is 2.03. The molecular weight excluding hydrogens is 230 g/mol. The first-order chi connectivity index (χ1) is 7.30. The number of aryl methyl sites for hydroxylation is 1. The Balaban J connectivity index is 3.15. The third kappa shape index (κ3) is 3.18. The molecule has 5 nitrogen and oxygen atoms in total. The van der Waals surface area contributed by atoms with Crippen LogP contribution in [0.2, 0.25) is 0 Å². The smallest absolute Gasteiger partial charge is 0.328 e. The van der Waals surface area contributed by atoms with Gasteiger partial charge in [-0.05, 0) is 30.2 Å². The van der Waals surface area contributed by atoms with Crippen molar-refractivity contribution in [1.82, 2.24) is 0 Å². The first kappa shape index (κ1) is 12.4. The summed E-state index contributed by atoms with van der Waals surface area (Å²) in [4.78, 5) is 10.3. The molecule has 0 spiro atoms. The third-order valence-electron chi connectivity index (χ3n) is 1.92. The van der Waals surface area contributed by atoms with Crippen molar-refractivity contribution in [2.45, 2.75) is 11.8 Å². The number of sulfonamides is 1. The number of aliphatic carboxylic acids is 1. The van der Waals surface area contributed by atoms with E-state index in [0.29, 0.717) is 11.1 Å². The van der Waals surface area contributed by atoms with Crippen LogP contribution >= 0.6 is 0 Å². The molecule has 0 fully saturated rings. The normalized spacial score (nSPS) is 11.9. The van der Waals surface area contributed by atoms with Crippen LogP contribution < -0.4 is 5.14 Å². The number of hydrogen-bond donors (Lipinski definition) is 2. The van der Waals surface area contributed by atoms with Crippen LogP contribution in [0.1, 0.15) is 11.1 Å². The first-order valence-electron chi connectivity index (χ1n) is 4.35. The molecule has 3 N–H and O–H groups in total. The Labute approximate surface area is 93.3 Å².